The number of aromatic nitrogens is 4. The molecule has 1 saturated heterocycles. The summed E-state index contributed by atoms with van der Waals surface area (Å²) in [6, 6.07) is 7.17. The molecule has 0 spiro atoms. The number of fused-ring (bicyclic) bond motifs is 2. The molecule has 184 valence electrons. The van der Waals surface area contributed by atoms with Gasteiger partial charge in [-0.1, -0.05) is 0 Å². The molecule has 1 fully saturated rings. The summed E-state index contributed by atoms with van der Waals surface area (Å²) >= 11 is 0. The van der Waals surface area contributed by atoms with Gasteiger partial charge >= 0.3 is 0 Å². The molecule has 2 atom stereocenters. The Kier molecular flexibility index (Phi) is 5.50. The van der Waals surface area contributed by atoms with Crippen molar-refractivity contribution in [3.05, 3.63) is 87.2 Å². The molecule has 8 nitrogen and oxygen atoms in total. The fraction of sp³-hybridized carbons (Fsp3) is 0.308. The van der Waals surface area contributed by atoms with E-state index in [-0.39, 0.29) is 47.9 Å². The van der Waals surface area contributed by atoms with Crippen molar-refractivity contribution in [3.63, 3.8) is 0 Å². The van der Waals surface area contributed by atoms with Gasteiger partial charge in [0, 0.05) is 36.6 Å². The molecule has 2 unspecified atom stereocenters. The second-order valence-corrected chi connectivity index (χ2v) is 9.17. The third-order valence-electron chi connectivity index (χ3n) is 6.53. The highest BCUT2D eigenvalue weighted by Crippen LogP contribution is 2.32. The second kappa shape index (κ2) is 8.72. The van der Waals surface area contributed by atoms with Gasteiger partial charge in [-0.25, -0.2) is 18.7 Å². The Balaban J connectivity index is 1.52. The third kappa shape index (κ3) is 3.92. The second-order valence-electron chi connectivity index (χ2n) is 9.17. The van der Waals surface area contributed by atoms with Crippen LogP contribution in [0.2, 0.25) is 0 Å². The first-order valence-corrected chi connectivity index (χ1v) is 11.7. The van der Waals surface area contributed by atoms with Crippen LogP contribution in [0.25, 0.3) is 16.9 Å². The van der Waals surface area contributed by atoms with Gasteiger partial charge in [0.2, 0.25) is 0 Å². The van der Waals surface area contributed by atoms with Crippen molar-refractivity contribution in [2.24, 2.45) is 0 Å². The number of aryl methyl sites for hydroxylation is 1. The molecule has 2 aliphatic rings. The van der Waals surface area contributed by atoms with Crippen LogP contribution in [-0.4, -0.2) is 38.5 Å². The highest BCUT2D eigenvalue weighted by Gasteiger charge is 2.30. The van der Waals surface area contributed by atoms with Crippen LogP contribution < -0.4 is 10.5 Å². The van der Waals surface area contributed by atoms with Crippen LogP contribution in [0.15, 0.2) is 47.5 Å². The Morgan fingerprint density at radius 2 is 1.94 bits per heavy atom. The fourth-order valence-corrected chi connectivity index (χ4v) is 4.83. The number of hydrogen-bond acceptors (Lipinski definition) is 7. The maximum Gasteiger partial charge on any atom is 0.263 e. The van der Waals surface area contributed by atoms with E-state index in [2.05, 4.69) is 9.97 Å². The Hall–Kier alpha value is -3.76. The quantitative estimate of drug-likeness (QED) is 0.432. The number of ether oxygens (including phenoxy) is 2. The normalized spacial score (nSPS) is 19.6. The maximum absolute atomic E-state index is 14.9. The van der Waals surface area contributed by atoms with Crippen molar-refractivity contribution in [3.8, 4) is 11.3 Å². The van der Waals surface area contributed by atoms with E-state index in [0.29, 0.717) is 30.2 Å². The summed E-state index contributed by atoms with van der Waals surface area (Å²) in [4.78, 5) is 29.0. The van der Waals surface area contributed by atoms with Gasteiger partial charge in [0.15, 0.2) is 5.65 Å². The fourth-order valence-electron chi connectivity index (χ4n) is 4.83. The van der Waals surface area contributed by atoms with Crippen molar-refractivity contribution in [1.82, 2.24) is 19.4 Å². The van der Waals surface area contributed by atoms with Crippen LogP contribution in [0.1, 0.15) is 35.5 Å². The Morgan fingerprint density at radius 3 is 2.75 bits per heavy atom. The molecular formula is C26H23F2N5O3. The van der Waals surface area contributed by atoms with Gasteiger partial charge in [-0.2, -0.15) is 0 Å². The lowest BCUT2D eigenvalue weighted by Gasteiger charge is -2.38. The lowest BCUT2D eigenvalue weighted by atomic mass is 10.1. The first-order valence-electron chi connectivity index (χ1n) is 11.7. The van der Waals surface area contributed by atoms with E-state index in [1.807, 2.05) is 30.9 Å². The molecule has 10 heteroatoms. The summed E-state index contributed by atoms with van der Waals surface area (Å²) in [5.41, 5.74) is 2.97. The molecule has 0 amide bonds. The number of hydrogen-bond donors (Lipinski definition) is 0. The molecule has 0 aliphatic carbocycles. The molecule has 2 aliphatic heterocycles. The van der Waals surface area contributed by atoms with E-state index in [1.54, 1.807) is 12.4 Å². The monoisotopic (exact) mass is 491 g/mol. The average Bonchev–Trinajstić information content (AvgIpc) is 3.33. The number of morpholine rings is 1. The lowest BCUT2D eigenvalue weighted by molar-refractivity contribution is -0.0177. The van der Waals surface area contributed by atoms with E-state index < -0.39 is 11.6 Å². The predicted octanol–water partition coefficient (Wildman–Crippen LogP) is 3.73. The summed E-state index contributed by atoms with van der Waals surface area (Å²) in [5, 5.41) is 0. The number of nitrogens with zero attached hydrogens (tertiary/aromatic N) is 5. The summed E-state index contributed by atoms with van der Waals surface area (Å²) in [7, 11) is 0. The van der Waals surface area contributed by atoms with Crippen molar-refractivity contribution in [2.45, 2.75) is 39.3 Å². The number of benzene rings is 1. The SMILES string of the molecule is Cc1cc(C2CN(c3cn4c(=O)c5c(nc4c(-c4ccc(F)cc4F)n3)COC5)CC(C)O2)ccn1. The Labute approximate surface area is 205 Å². The van der Waals surface area contributed by atoms with Gasteiger partial charge in [-0.15, -0.1) is 0 Å². The van der Waals surface area contributed by atoms with Crippen molar-refractivity contribution in [2.75, 3.05) is 18.0 Å². The third-order valence-corrected chi connectivity index (χ3v) is 6.53. The molecule has 0 bridgehead atoms. The number of halogens is 2. The minimum Gasteiger partial charge on any atom is -0.370 e. The van der Waals surface area contributed by atoms with E-state index in [9.17, 15) is 13.6 Å². The minimum atomic E-state index is -0.784. The molecule has 1 aromatic carbocycles. The molecule has 6 rings (SSSR count). The number of pyridine rings is 1. The van der Waals surface area contributed by atoms with Gasteiger partial charge in [-0.3, -0.25) is 14.2 Å². The highest BCUT2D eigenvalue weighted by atomic mass is 19.1. The van der Waals surface area contributed by atoms with E-state index >= 15 is 0 Å². The molecule has 36 heavy (non-hydrogen) atoms. The molecule has 4 aromatic rings. The first kappa shape index (κ1) is 22.7. The van der Waals surface area contributed by atoms with Gasteiger partial charge in [0.25, 0.3) is 5.56 Å². The zero-order chi connectivity index (χ0) is 25.0. The van der Waals surface area contributed by atoms with E-state index in [1.165, 1.54) is 10.5 Å². The molecular weight excluding hydrogens is 468 g/mol. The molecule has 3 aromatic heterocycles. The van der Waals surface area contributed by atoms with Gasteiger partial charge in [0.1, 0.15) is 29.3 Å². The van der Waals surface area contributed by atoms with Crippen LogP contribution in [-0.2, 0) is 22.7 Å². The molecule has 0 saturated carbocycles. The Bertz CT molecular complexity index is 1560. The van der Waals surface area contributed by atoms with E-state index in [0.717, 1.165) is 23.4 Å². The first-order chi connectivity index (χ1) is 17.4. The average molecular weight is 491 g/mol. The smallest absolute Gasteiger partial charge is 0.263 e. The molecule has 5 heterocycles. The van der Waals surface area contributed by atoms with Gasteiger partial charge in [0.05, 0.1) is 36.8 Å². The van der Waals surface area contributed by atoms with E-state index in [4.69, 9.17) is 14.5 Å². The van der Waals surface area contributed by atoms with Gasteiger partial charge < -0.3 is 14.4 Å². The minimum absolute atomic E-state index is 0.0594. The molecule has 0 radical (unpaired) electrons. The standard InChI is InChI=1S/C26H23F2N5O3/c1-14-7-16(5-6-29-14)22-10-32(9-15(2)36-22)23-11-33-25(30-21-13-35-12-19(21)26(33)34)24(31-23)18-4-3-17(27)8-20(18)28/h3-8,11,15,22H,9-10,12-13H2,1-2H3. The number of anilines is 1. The van der Waals surface area contributed by atoms with Crippen LogP contribution in [0, 0.1) is 18.6 Å². The van der Waals surface area contributed by atoms with Crippen LogP contribution in [0.5, 0.6) is 0 Å². The highest BCUT2D eigenvalue weighted by molar-refractivity contribution is 5.76. The predicted molar refractivity (Wildman–Crippen MR) is 128 cm³/mol. The summed E-state index contributed by atoms with van der Waals surface area (Å²) in [6.45, 7) is 5.23. The van der Waals surface area contributed by atoms with Crippen molar-refractivity contribution in [1.29, 1.82) is 0 Å². The van der Waals surface area contributed by atoms with Crippen molar-refractivity contribution >= 4 is 11.5 Å². The largest absolute Gasteiger partial charge is 0.370 e. The Morgan fingerprint density at radius 1 is 1.08 bits per heavy atom. The van der Waals surface area contributed by atoms with Crippen molar-refractivity contribution < 1.29 is 18.3 Å². The lowest BCUT2D eigenvalue weighted by Crippen LogP contribution is -2.43. The topological polar surface area (TPSA) is 81.9 Å². The maximum atomic E-state index is 14.9. The molecule has 0 N–H and O–H groups in total. The zero-order valence-corrected chi connectivity index (χ0v) is 19.7. The van der Waals surface area contributed by atoms with Crippen LogP contribution >= 0.6 is 0 Å². The summed E-state index contributed by atoms with van der Waals surface area (Å²) in [5.74, 6) is -1.02. The number of rotatable bonds is 3. The van der Waals surface area contributed by atoms with Crippen LogP contribution in [0.3, 0.4) is 0 Å². The summed E-state index contributed by atoms with van der Waals surface area (Å²) < 4.78 is 41.7. The zero-order valence-electron chi connectivity index (χ0n) is 19.7. The van der Waals surface area contributed by atoms with Crippen LogP contribution in [0.4, 0.5) is 14.6 Å². The summed E-state index contributed by atoms with van der Waals surface area (Å²) in [6.07, 6.45) is 2.99. The van der Waals surface area contributed by atoms with Gasteiger partial charge in [-0.05, 0) is 43.7 Å².